The Bertz CT molecular complexity index is 1760. The van der Waals surface area contributed by atoms with Crippen molar-refractivity contribution in [3.8, 4) is 5.75 Å². The molecule has 0 aliphatic carbocycles. The summed E-state index contributed by atoms with van der Waals surface area (Å²) in [7, 11) is 1.56. The van der Waals surface area contributed by atoms with E-state index in [0.29, 0.717) is 55.3 Å². The van der Waals surface area contributed by atoms with Crippen molar-refractivity contribution in [2.45, 2.75) is 38.0 Å². The van der Waals surface area contributed by atoms with Gasteiger partial charge in [-0.2, -0.15) is 0 Å². The molecule has 244 valence electrons. The predicted octanol–water partition coefficient (Wildman–Crippen LogP) is 3.36. The van der Waals surface area contributed by atoms with Crippen molar-refractivity contribution in [1.29, 1.82) is 0 Å². The van der Waals surface area contributed by atoms with Gasteiger partial charge in [0.25, 0.3) is 5.91 Å². The molecule has 0 saturated carbocycles. The highest BCUT2D eigenvalue weighted by Gasteiger charge is 2.52. The summed E-state index contributed by atoms with van der Waals surface area (Å²) in [5.41, 5.74) is 2.60. The molecule has 3 heterocycles. The van der Waals surface area contributed by atoms with Crippen LogP contribution in [-0.2, 0) is 28.3 Å². The van der Waals surface area contributed by atoms with Gasteiger partial charge >= 0.3 is 0 Å². The van der Waals surface area contributed by atoms with Crippen LogP contribution < -0.4 is 19.9 Å². The highest BCUT2D eigenvalue weighted by atomic mass is 16.5. The molecule has 3 aromatic carbocycles. The summed E-state index contributed by atoms with van der Waals surface area (Å²) in [5.74, 6) is -0.679. The van der Waals surface area contributed by atoms with Gasteiger partial charge in [0, 0.05) is 43.0 Å². The molecular formula is C36H40N6O5. The first kappa shape index (κ1) is 32.1. The number of nitrogens with one attached hydrogen (secondary N) is 1. The van der Waals surface area contributed by atoms with Gasteiger partial charge in [0.2, 0.25) is 5.91 Å². The lowest BCUT2D eigenvalue weighted by atomic mass is 9.83. The average Bonchev–Trinajstić information content (AvgIpc) is 3.65. The van der Waals surface area contributed by atoms with Crippen LogP contribution in [0, 0.1) is 5.92 Å². The summed E-state index contributed by atoms with van der Waals surface area (Å²) in [6.07, 6.45) is 6.24. The minimum absolute atomic E-state index is 0.00359. The number of aromatic nitrogens is 3. The van der Waals surface area contributed by atoms with Crippen molar-refractivity contribution in [2.24, 2.45) is 5.92 Å². The lowest BCUT2D eigenvalue weighted by Crippen LogP contribution is -2.48. The van der Waals surface area contributed by atoms with Crippen molar-refractivity contribution in [2.75, 3.05) is 43.2 Å². The Morgan fingerprint density at radius 2 is 1.91 bits per heavy atom. The van der Waals surface area contributed by atoms with E-state index in [1.54, 1.807) is 33.7 Å². The van der Waals surface area contributed by atoms with E-state index < -0.39 is 17.4 Å². The summed E-state index contributed by atoms with van der Waals surface area (Å²) < 4.78 is 7.20. The molecule has 2 amide bonds. The van der Waals surface area contributed by atoms with Crippen LogP contribution in [0.15, 0.2) is 91.1 Å². The van der Waals surface area contributed by atoms with Gasteiger partial charge in [-0.3, -0.25) is 14.3 Å². The van der Waals surface area contributed by atoms with E-state index in [-0.39, 0.29) is 25.0 Å². The quantitative estimate of drug-likeness (QED) is 0.202. The number of aryl methyl sites for hydroxylation is 1. The van der Waals surface area contributed by atoms with Gasteiger partial charge in [-0.15, -0.1) is 5.10 Å². The molecule has 4 aromatic rings. The zero-order valence-corrected chi connectivity index (χ0v) is 26.6. The van der Waals surface area contributed by atoms with Crippen LogP contribution in [0.3, 0.4) is 0 Å². The number of aliphatic hydroxyl groups excluding tert-OH is 1. The van der Waals surface area contributed by atoms with Crippen LogP contribution in [0.2, 0.25) is 0 Å². The topological polar surface area (TPSA) is 133 Å². The third kappa shape index (κ3) is 6.42. The Labute approximate surface area is 274 Å². The summed E-state index contributed by atoms with van der Waals surface area (Å²) in [6.45, 7) is 4.11. The second kappa shape index (κ2) is 13.9. The second-order valence-electron chi connectivity index (χ2n) is 12.0. The van der Waals surface area contributed by atoms with Gasteiger partial charge in [0.15, 0.2) is 5.60 Å². The Morgan fingerprint density at radius 1 is 1.09 bits per heavy atom. The minimum atomic E-state index is -1.81. The number of allylic oxidation sites excluding steroid dienone is 1. The summed E-state index contributed by atoms with van der Waals surface area (Å²) in [4.78, 5) is 30.0. The van der Waals surface area contributed by atoms with Gasteiger partial charge in [0.05, 0.1) is 44.1 Å². The van der Waals surface area contributed by atoms with Gasteiger partial charge < -0.3 is 30.1 Å². The number of anilines is 2. The maximum atomic E-state index is 14.1. The number of methoxy groups -OCH3 is 1. The molecular weight excluding hydrogens is 596 g/mol. The number of hydrogen-bond acceptors (Lipinski definition) is 8. The van der Waals surface area contributed by atoms with Crippen molar-refractivity contribution in [1.82, 2.24) is 20.3 Å². The largest absolute Gasteiger partial charge is 0.497 e. The van der Waals surface area contributed by atoms with E-state index in [4.69, 9.17) is 4.74 Å². The van der Waals surface area contributed by atoms with Crippen LogP contribution in [0.5, 0.6) is 5.75 Å². The first-order chi connectivity index (χ1) is 22.8. The molecule has 1 unspecified atom stereocenters. The molecule has 3 atom stereocenters. The third-order valence-corrected chi connectivity index (χ3v) is 9.04. The number of ether oxygens (including phenoxy) is 1. The molecule has 11 heteroatoms. The molecule has 1 fully saturated rings. The Morgan fingerprint density at radius 3 is 2.68 bits per heavy atom. The molecule has 1 saturated heterocycles. The number of carbonyl (C=O) groups is 2. The van der Waals surface area contributed by atoms with Crippen molar-refractivity contribution >= 4 is 23.2 Å². The fourth-order valence-electron chi connectivity index (χ4n) is 6.38. The minimum Gasteiger partial charge on any atom is -0.497 e. The molecule has 47 heavy (non-hydrogen) atoms. The number of nitrogens with zero attached hydrogens (tertiary/aromatic N) is 5. The van der Waals surface area contributed by atoms with E-state index in [1.165, 1.54) is 0 Å². The van der Waals surface area contributed by atoms with Gasteiger partial charge in [-0.25, -0.2) is 0 Å². The van der Waals surface area contributed by atoms with Crippen molar-refractivity contribution < 1.29 is 24.5 Å². The molecule has 1 aromatic heterocycles. The lowest BCUT2D eigenvalue weighted by Gasteiger charge is -2.29. The lowest BCUT2D eigenvalue weighted by molar-refractivity contribution is -0.139. The molecule has 0 spiro atoms. The predicted molar refractivity (Wildman–Crippen MR) is 178 cm³/mol. The maximum absolute atomic E-state index is 14.1. The normalized spacial score (nSPS) is 19.3. The molecule has 6 rings (SSSR count). The fraction of sp³-hybridized carbons (Fsp3) is 0.333. The molecule has 0 radical (unpaired) electrons. The SMILES string of the molecule is COc1ccc2c(c1)[C@@](O)([C@H](C)/C=C/CCn1cc(C(CO)c3ccccc3)nn1)C(=O)N2Cc1cccc(N2CCNCC2=O)c1. The van der Waals surface area contributed by atoms with E-state index in [1.807, 2.05) is 85.9 Å². The third-order valence-electron chi connectivity index (χ3n) is 9.04. The van der Waals surface area contributed by atoms with Crippen LogP contribution in [-0.4, -0.2) is 70.4 Å². The number of hydrogen-bond donors (Lipinski definition) is 3. The Balaban J connectivity index is 1.17. The van der Waals surface area contributed by atoms with Crippen molar-refractivity contribution in [3.63, 3.8) is 0 Å². The van der Waals surface area contributed by atoms with Crippen LogP contribution in [0.25, 0.3) is 0 Å². The first-order valence-electron chi connectivity index (χ1n) is 15.9. The Hall–Kier alpha value is -4.84. The highest BCUT2D eigenvalue weighted by molar-refractivity contribution is 6.07. The maximum Gasteiger partial charge on any atom is 0.264 e. The highest BCUT2D eigenvalue weighted by Crippen LogP contribution is 2.47. The Kier molecular flexibility index (Phi) is 9.48. The molecule has 3 N–H and O–H groups in total. The first-order valence-corrected chi connectivity index (χ1v) is 15.9. The number of aliphatic hydroxyl groups is 2. The molecule has 11 nitrogen and oxygen atoms in total. The van der Waals surface area contributed by atoms with Crippen molar-refractivity contribution in [3.05, 3.63) is 114 Å². The fourth-order valence-corrected chi connectivity index (χ4v) is 6.38. The number of fused-ring (bicyclic) bond motifs is 1. The van der Waals surface area contributed by atoms with E-state index in [0.717, 1.165) is 16.8 Å². The monoisotopic (exact) mass is 636 g/mol. The van der Waals surface area contributed by atoms with Crippen LogP contribution in [0.4, 0.5) is 11.4 Å². The number of rotatable bonds is 12. The van der Waals surface area contributed by atoms with Gasteiger partial charge in [0.1, 0.15) is 5.75 Å². The zero-order valence-electron chi connectivity index (χ0n) is 26.6. The molecule has 2 aliphatic rings. The summed E-state index contributed by atoms with van der Waals surface area (Å²) >= 11 is 0. The average molecular weight is 637 g/mol. The number of benzene rings is 3. The molecule has 2 aliphatic heterocycles. The zero-order chi connectivity index (χ0) is 33.0. The van der Waals surface area contributed by atoms with Gasteiger partial charge in [-0.1, -0.05) is 66.8 Å². The number of carbonyl (C=O) groups excluding carboxylic acids is 2. The van der Waals surface area contributed by atoms with E-state index >= 15 is 0 Å². The number of piperazine rings is 1. The van der Waals surface area contributed by atoms with E-state index in [9.17, 15) is 19.8 Å². The smallest absolute Gasteiger partial charge is 0.264 e. The van der Waals surface area contributed by atoms with Gasteiger partial charge in [-0.05, 0) is 47.9 Å². The van der Waals surface area contributed by atoms with E-state index in [2.05, 4.69) is 15.6 Å². The number of amides is 2. The molecule has 0 bridgehead atoms. The summed E-state index contributed by atoms with van der Waals surface area (Å²) in [5, 5.41) is 33.7. The van der Waals surface area contributed by atoms with Crippen LogP contribution >= 0.6 is 0 Å². The second-order valence-corrected chi connectivity index (χ2v) is 12.0. The summed E-state index contributed by atoms with van der Waals surface area (Å²) in [6, 6.07) is 22.7. The standard InChI is InChI=1S/C36H40N6O5/c1-25(9-6-7-17-40-23-32(38-39-40)30(24-43)27-11-4-3-5-12-27)36(46)31-20-29(47-2)14-15-33(31)42(35(36)45)22-26-10-8-13-28(19-26)41-18-16-37-21-34(41)44/h3-6,8-15,19-20,23,25,30,37,43,46H,7,16-18,21-22,24H2,1-2H3/b9-6+/t25-,30?,36+/m1/s1. The van der Waals surface area contributed by atoms with Crippen LogP contribution in [0.1, 0.15) is 41.6 Å².